The molecule has 2 heterocycles. The Morgan fingerprint density at radius 3 is 2.41 bits per heavy atom. The topological polar surface area (TPSA) is 45.7 Å². The molecule has 1 aromatic heterocycles. The molecule has 0 unspecified atom stereocenters. The van der Waals surface area contributed by atoms with Crippen molar-refractivity contribution >= 4 is 55.7 Å². The monoisotopic (exact) mass is 541 g/mol. The molecule has 0 bridgehead atoms. The Morgan fingerprint density at radius 2 is 1.76 bits per heavy atom. The Labute approximate surface area is 227 Å². The molecule has 1 aliphatic rings. The molecular formula is C29H33ClFN3O2S. The summed E-state index contributed by atoms with van der Waals surface area (Å²) in [5, 5.41) is 3.69. The van der Waals surface area contributed by atoms with E-state index >= 15 is 4.39 Å². The second-order valence-electron chi connectivity index (χ2n) is 7.84. The first-order valence-electron chi connectivity index (χ1n) is 12.5. The number of carbonyl (C=O) groups excluding carboxylic acids is 1. The number of hydrogen-bond acceptors (Lipinski definition) is 5. The van der Waals surface area contributed by atoms with Crippen molar-refractivity contribution in [2.75, 3.05) is 38.2 Å². The van der Waals surface area contributed by atoms with Gasteiger partial charge in [0.1, 0.15) is 16.3 Å². The number of methoxy groups -OCH3 is 1. The summed E-state index contributed by atoms with van der Waals surface area (Å²) >= 11 is 7.96. The lowest BCUT2D eigenvalue weighted by molar-refractivity contribution is -0.126. The van der Waals surface area contributed by atoms with Gasteiger partial charge in [0.05, 0.1) is 12.1 Å². The molecule has 0 N–H and O–H groups in total. The standard InChI is InChI=1S/C25H21ClFN3O2S.2C2H6/c1-3-21(31)29-8-10-30(11-9-29)25-19-14-20(26)22(23(27)24(19)28-33-25)18-13-16(32-2)12-15-6-4-5-7-17(15)18;2*1-2/h3-7,12-14H,1,8-11H2,2H3;2*1-2H3. The molecule has 0 radical (unpaired) electrons. The van der Waals surface area contributed by atoms with E-state index in [0.29, 0.717) is 59.0 Å². The number of ether oxygens (including phenoxy) is 1. The SMILES string of the molecule is C=CC(=O)N1CCN(c2snc3c(F)c(-c4cc(OC)cc5ccccc45)c(Cl)cc23)CC1.CC.CC. The zero-order valence-corrected chi connectivity index (χ0v) is 23.5. The van der Waals surface area contributed by atoms with Gasteiger partial charge < -0.3 is 14.5 Å². The molecule has 37 heavy (non-hydrogen) atoms. The van der Waals surface area contributed by atoms with Crippen LogP contribution in [-0.2, 0) is 4.79 Å². The van der Waals surface area contributed by atoms with Crippen LogP contribution in [0.3, 0.4) is 0 Å². The minimum Gasteiger partial charge on any atom is -0.497 e. The number of fused-ring (bicyclic) bond motifs is 2. The molecule has 196 valence electrons. The Balaban J connectivity index is 0.000000907. The molecule has 0 saturated carbocycles. The van der Waals surface area contributed by atoms with E-state index in [4.69, 9.17) is 16.3 Å². The van der Waals surface area contributed by atoms with Crippen molar-refractivity contribution in [1.82, 2.24) is 9.27 Å². The smallest absolute Gasteiger partial charge is 0.246 e. The quantitative estimate of drug-likeness (QED) is 0.247. The van der Waals surface area contributed by atoms with E-state index in [-0.39, 0.29) is 5.91 Å². The second kappa shape index (κ2) is 12.9. The molecule has 1 amide bonds. The summed E-state index contributed by atoms with van der Waals surface area (Å²) in [5.41, 5.74) is 1.28. The summed E-state index contributed by atoms with van der Waals surface area (Å²) in [7, 11) is 1.59. The number of hydrogen-bond donors (Lipinski definition) is 0. The molecule has 1 saturated heterocycles. The molecule has 1 fully saturated rings. The average molecular weight is 542 g/mol. The maximum Gasteiger partial charge on any atom is 0.246 e. The third kappa shape index (κ3) is 5.58. The van der Waals surface area contributed by atoms with Crippen molar-refractivity contribution in [3.8, 4) is 16.9 Å². The fraction of sp³-hybridized carbons (Fsp3) is 0.310. The van der Waals surface area contributed by atoms with Crippen LogP contribution in [0.4, 0.5) is 9.39 Å². The zero-order valence-electron chi connectivity index (χ0n) is 22.0. The highest BCUT2D eigenvalue weighted by Crippen LogP contribution is 2.43. The first-order valence-corrected chi connectivity index (χ1v) is 13.7. The predicted molar refractivity (Wildman–Crippen MR) is 156 cm³/mol. The number of benzene rings is 3. The van der Waals surface area contributed by atoms with Crippen LogP contribution in [0.5, 0.6) is 5.75 Å². The Bertz CT molecular complexity index is 1400. The minimum absolute atomic E-state index is 0.0759. The number of halogens is 2. The van der Waals surface area contributed by atoms with E-state index in [1.165, 1.54) is 17.6 Å². The number of amides is 1. The van der Waals surface area contributed by atoms with Crippen LogP contribution in [0.25, 0.3) is 32.8 Å². The summed E-state index contributed by atoms with van der Waals surface area (Å²) in [5.74, 6) is 0.108. The summed E-state index contributed by atoms with van der Waals surface area (Å²) < 4.78 is 25.8. The molecule has 0 spiro atoms. The fourth-order valence-corrected chi connectivity index (χ4v) is 5.54. The Hall–Kier alpha value is -3.16. The lowest BCUT2D eigenvalue weighted by Crippen LogP contribution is -2.48. The first kappa shape index (κ1) is 28.4. The average Bonchev–Trinajstić information content (AvgIpc) is 3.38. The maximum atomic E-state index is 15.9. The van der Waals surface area contributed by atoms with Crippen molar-refractivity contribution in [1.29, 1.82) is 0 Å². The van der Waals surface area contributed by atoms with Crippen molar-refractivity contribution in [3.63, 3.8) is 0 Å². The van der Waals surface area contributed by atoms with Gasteiger partial charge in [0.15, 0.2) is 5.82 Å². The van der Waals surface area contributed by atoms with Crippen LogP contribution in [0.15, 0.2) is 55.1 Å². The highest BCUT2D eigenvalue weighted by Gasteiger charge is 2.26. The molecule has 1 aliphatic heterocycles. The van der Waals surface area contributed by atoms with E-state index in [0.717, 1.165) is 15.8 Å². The van der Waals surface area contributed by atoms with Crippen LogP contribution < -0.4 is 9.64 Å². The van der Waals surface area contributed by atoms with Gasteiger partial charge in [-0.05, 0) is 52.1 Å². The highest BCUT2D eigenvalue weighted by molar-refractivity contribution is 7.11. The van der Waals surface area contributed by atoms with E-state index in [9.17, 15) is 4.79 Å². The van der Waals surface area contributed by atoms with Crippen LogP contribution in [0.1, 0.15) is 27.7 Å². The molecule has 4 aromatic rings. The molecule has 3 aromatic carbocycles. The molecule has 0 aliphatic carbocycles. The number of carbonyl (C=O) groups is 1. The lowest BCUT2D eigenvalue weighted by atomic mass is 9.96. The third-order valence-electron chi connectivity index (χ3n) is 6.04. The van der Waals surface area contributed by atoms with Gasteiger partial charge in [-0.1, -0.05) is 70.1 Å². The highest BCUT2D eigenvalue weighted by atomic mass is 35.5. The second-order valence-corrected chi connectivity index (χ2v) is 9.00. The van der Waals surface area contributed by atoms with Crippen molar-refractivity contribution in [2.24, 2.45) is 0 Å². The lowest BCUT2D eigenvalue weighted by Gasteiger charge is -2.34. The van der Waals surface area contributed by atoms with Gasteiger partial charge in [-0.3, -0.25) is 4.79 Å². The number of rotatable bonds is 4. The molecule has 0 atom stereocenters. The molecule has 5 rings (SSSR count). The summed E-state index contributed by atoms with van der Waals surface area (Å²) in [4.78, 5) is 15.8. The summed E-state index contributed by atoms with van der Waals surface area (Å²) in [6, 6.07) is 13.3. The number of aromatic nitrogens is 1. The van der Waals surface area contributed by atoms with Gasteiger partial charge in [-0.25, -0.2) is 4.39 Å². The van der Waals surface area contributed by atoms with E-state index in [2.05, 4.69) is 15.9 Å². The van der Waals surface area contributed by atoms with Crippen LogP contribution in [0.2, 0.25) is 5.02 Å². The summed E-state index contributed by atoms with van der Waals surface area (Å²) in [6.07, 6.45) is 1.33. The number of anilines is 1. The fourth-order valence-electron chi connectivity index (χ4n) is 4.34. The van der Waals surface area contributed by atoms with Gasteiger partial charge in [0.25, 0.3) is 0 Å². The first-order chi connectivity index (χ1) is 18.0. The molecular weight excluding hydrogens is 509 g/mol. The van der Waals surface area contributed by atoms with Gasteiger partial charge in [-0.2, -0.15) is 4.37 Å². The van der Waals surface area contributed by atoms with Gasteiger partial charge in [0.2, 0.25) is 5.91 Å². The van der Waals surface area contributed by atoms with Gasteiger partial charge in [0, 0.05) is 37.1 Å². The third-order valence-corrected chi connectivity index (χ3v) is 7.26. The van der Waals surface area contributed by atoms with Crippen LogP contribution in [0, 0.1) is 5.82 Å². The zero-order chi connectivity index (χ0) is 27.1. The van der Waals surface area contributed by atoms with E-state index in [1.54, 1.807) is 18.1 Å². The largest absolute Gasteiger partial charge is 0.497 e. The normalized spacial score (nSPS) is 12.9. The maximum absolute atomic E-state index is 15.9. The van der Waals surface area contributed by atoms with Crippen molar-refractivity contribution in [3.05, 3.63) is 66.0 Å². The van der Waals surface area contributed by atoms with Gasteiger partial charge in [-0.15, -0.1) is 0 Å². The van der Waals surface area contributed by atoms with E-state index in [1.807, 2.05) is 64.1 Å². The Kier molecular flexibility index (Phi) is 9.89. The van der Waals surface area contributed by atoms with Gasteiger partial charge >= 0.3 is 0 Å². The van der Waals surface area contributed by atoms with Crippen molar-refractivity contribution < 1.29 is 13.9 Å². The summed E-state index contributed by atoms with van der Waals surface area (Å²) in [6.45, 7) is 14.0. The molecule has 8 heteroatoms. The number of nitrogens with zero attached hydrogens (tertiary/aromatic N) is 3. The molecule has 5 nitrogen and oxygen atoms in total. The van der Waals surface area contributed by atoms with Crippen molar-refractivity contribution in [2.45, 2.75) is 27.7 Å². The Morgan fingerprint density at radius 1 is 1.08 bits per heavy atom. The number of piperazine rings is 1. The van der Waals surface area contributed by atoms with Crippen LogP contribution in [-0.4, -0.2) is 48.5 Å². The van der Waals surface area contributed by atoms with Crippen LogP contribution >= 0.6 is 23.1 Å². The predicted octanol–water partition coefficient (Wildman–Crippen LogP) is 7.80. The minimum atomic E-state index is -0.445. The van der Waals surface area contributed by atoms with E-state index < -0.39 is 5.82 Å².